The average molecular weight is 394 g/mol. The van der Waals surface area contributed by atoms with Gasteiger partial charge in [-0.15, -0.1) is 0 Å². The van der Waals surface area contributed by atoms with Crippen LogP contribution in [0.2, 0.25) is 0 Å². The van der Waals surface area contributed by atoms with Crippen molar-refractivity contribution in [1.82, 2.24) is 15.3 Å². The van der Waals surface area contributed by atoms with Gasteiger partial charge in [0.15, 0.2) is 0 Å². The van der Waals surface area contributed by atoms with Gasteiger partial charge in [-0.3, -0.25) is 4.79 Å². The van der Waals surface area contributed by atoms with Gasteiger partial charge in [-0.25, -0.2) is 4.98 Å². The zero-order valence-corrected chi connectivity index (χ0v) is 15.7. The number of anilines is 1. The third kappa shape index (κ3) is 3.42. The van der Waals surface area contributed by atoms with Crippen molar-refractivity contribution in [2.75, 3.05) is 24.5 Å². The molecule has 0 saturated carbocycles. The van der Waals surface area contributed by atoms with E-state index in [-0.39, 0.29) is 5.69 Å². The van der Waals surface area contributed by atoms with Gasteiger partial charge in [0, 0.05) is 30.7 Å². The van der Waals surface area contributed by atoms with Gasteiger partial charge >= 0.3 is 0 Å². The van der Waals surface area contributed by atoms with Crippen LogP contribution in [-0.4, -0.2) is 41.6 Å². The summed E-state index contributed by atoms with van der Waals surface area (Å²) in [6, 6.07) is 2.45. The Hall–Kier alpha value is -1.60. The minimum absolute atomic E-state index is 0.275. The molecule has 1 fully saturated rings. The number of hydrogen-bond acceptors (Lipinski definition) is 4. The first kappa shape index (κ1) is 17.2. The van der Waals surface area contributed by atoms with Crippen LogP contribution >= 0.6 is 15.9 Å². The minimum atomic E-state index is -0.522. The maximum absolute atomic E-state index is 11.7. The molecule has 6 nitrogen and oxygen atoms in total. The van der Waals surface area contributed by atoms with Gasteiger partial charge in [0.1, 0.15) is 11.3 Å². The number of amides is 1. The SMILES string of the molecule is CC(C)CN[C@@H]1CCCN(c2c(Br)c(C(N)=O)nc3[nH]ccc23)C1. The van der Waals surface area contributed by atoms with Gasteiger partial charge in [0.2, 0.25) is 0 Å². The first-order valence-corrected chi connectivity index (χ1v) is 9.21. The van der Waals surface area contributed by atoms with Gasteiger partial charge in [-0.1, -0.05) is 13.8 Å². The molecule has 1 aliphatic rings. The second-order valence-corrected chi connectivity index (χ2v) is 7.61. The number of primary amides is 1. The molecule has 130 valence electrons. The number of fused-ring (bicyclic) bond motifs is 1. The van der Waals surface area contributed by atoms with E-state index in [1.165, 1.54) is 6.42 Å². The van der Waals surface area contributed by atoms with Crippen molar-refractivity contribution in [2.45, 2.75) is 32.7 Å². The van der Waals surface area contributed by atoms with Gasteiger partial charge in [0.25, 0.3) is 5.91 Å². The van der Waals surface area contributed by atoms with Crippen molar-refractivity contribution in [3.63, 3.8) is 0 Å². The number of nitrogens with one attached hydrogen (secondary N) is 2. The van der Waals surface area contributed by atoms with E-state index >= 15 is 0 Å². The number of hydrogen-bond donors (Lipinski definition) is 3. The summed E-state index contributed by atoms with van der Waals surface area (Å²) >= 11 is 3.57. The average Bonchev–Trinajstić information content (AvgIpc) is 3.00. The lowest BCUT2D eigenvalue weighted by molar-refractivity contribution is 0.0995. The number of aromatic nitrogens is 2. The summed E-state index contributed by atoms with van der Waals surface area (Å²) in [6.45, 7) is 7.32. The van der Waals surface area contributed by atoms with Crippen LogP contribution in [0.5, 0.6) is 0 Å². The summed E-state index contributed by atoms with van der Waals surface area (Å²) in [5.74, 6) is 0.108. The van der Waals surface area contributed by atoms with E-state index in [9.17, 15) is 4.79 Å². The highest BCUT2D eigenvalue weighted by molar-refractivity contribution is 9.10. The number of carbonyl (C=O) groups excluding carboxylic acids is 1. The number of nitrogens with zero attached hydrogens (tertiary/aromatic N) is 2. The molecule has 1 saturated heterocycles. The summed E-state index contributed by atoms with van der Waals surface area (Å²) in [5.41, 5.74) is 7.48. The maximum Gasteiger partial charge on any atom is 0.268 e. The number of pyridine rings is 1. The summed E-state index contributed by atoms with van der Waals surface area (Å²) in [4.78, 5) is 21.5. The van der Waals surface area contributed by atoms with Crippen LogP contribution < -0.4 is 16.0 Å². The second kappa shape index (κ2) is 7.11. The van der Waals surface area contributed by atoms with E-state index < -0.39 is 5.91 Å². The first-order chi connectivity index (χ1) is 11.5. The van der Waals surface area contributed by atoms with Crippen molar-refractivity contribution in [2.24, 2.45) is 11.7 Å². The Labute approximate surface area is 150 Å². The highest BCUT2D eigenvalue weighted by Crippen LogP contribution is 2.37. The lowest BCUT2D eigenvalue weighted by atomic mass is 10.0. The number of carbonyl (C=O) groups is 1. The van der Waals surface area contributed by atoms with Crippen LogP contribution in [0.25, 0.3) is 11.0 Å². The molecule has 3 rings (SSSR count). The third-order valence-corrected chi connectivity index (χ3v) is 5.16. The van der Waals surface area contributed by atoms with E-state index in [1.54, 1.807) is 0 Å². The van der Waals surface area contributed by atoms with Crippen molar-refractivity contribution >= 4 is 38.6 Å². The first-order valence-electron chi connectivity index (χ1n) is 8.42. The van der Waals surface area contributed by atoms with E-state index in [0.29, 0.717) is 22.1 Å². The zero-order valence-electron chi connectivity index (χ0n) is 14.1. The van der Waals surface area contributed by atoms with Crippen LogP contribution in [0.3, 0.4) is 0 Å². The summed E-state index contributed by atoms with van der Waals surface area (Å²) in [6.07, 6.45) is 4.13. The van der Waals surface area contributed by atoms with Gasteiger partial charge in [-0.2, -0.15) is 0 Å². The smallest absolute Gasteiger partial charge is 0.268 e. The highest BCUT2D eigenvalue weighted by atomic mass is 79.9. The molecule has 2 aromatic heterocycles. The van der Waals surface area contributed by atoms with Gasteiger partial charge in [-0.05, 0) is 47.3 Å². The summed E-state index contributed by atoms with van der Waals surface area (Å²) < 4.78 is 0.687. The van der Waals surface area contributed by atoms with Crippen molar-refractivity contribution in [3.8, 4) is 0 Å². The molecule has 1 atom stereocenters. The van der Waals surface area contributed by atoms with Crippen LogP contribution in [0, 0.1) is 5.92 Å². The Balaban J connectivity index is 1.94. The Kier molecular flexibility index (Phi) is 5.10. The molecule has 0 radical (unpaired) electrons. The molecular weight excluding hydrogens is 370 g/mol. The Morgan fingerprint density at radius 3 is 3.08 bits per heavy atom. The topological polar surface area (TPSA) is 87.0 Å². The third-order valence-electron chi connectivity index (χ3n) is 4.41. The molecule has 1 aliphatic heterocycles. The molecule has 1 amide bonds. The normalized spacial score (nSPS) is 18.5. The molecule has 2 aromatic rings. The largest absolute Gasteiger partial charge is 0.368 e. The van der Waals surface area contributed by atoms with E-state index in [4.69, 9.17) is 5.73 Å². The fourth-order valence-corrected chi connectivity index (χ4v) is 4.01. The highest BCUT2D eigenvalue weighted by Gasteiger charge is 2.26. The number of aromatic amines is 1. The standard InChI is InChI=1S/C17H24BrN5O/c1-10(2)8-21-11-4-3-7-23(9-11)15-12-5-6-20-17(12)22-14(13(15)18)16(19)24/h5-6,10-11,21H,3-4,7-9H2,1-2H3,(H2,19,24)(H,20,22)/t11-/m1/s1. The predicted octanol–water partition coefficient (Wildman–Crippen LogP) is 2.64. The molecule has 4 N–H and O–H groups in total. The molecule has 0 unspecified atom stereocenters. The number of rotatable bonds is 5. The Morgan fingerprint density at radius 1 is 1.58 bits per heavy atom. The number of piperidine rings is 1. The van der Waals surface area contributed by atoms with Crippen molar-refractivity contribution < 1.29 is 4.79 Å². The maximum atomic E-state index is 11.7. The van der Waals surface area contributed by atoms with Crippen molar-refractivity contribution in [1.29, 1.82) is 0 Å². The van der Waals surface area contributed by atoms with Crippen molar-refractivity contribution in [3.05, 3.63) is 22.4 Å². The van der Waals surface area contributed by atoms with E-state index in [2.05, 4.69) is 50.0 Å². The van der Waals surface area contributed by atoms with Crippen LogP contribution in [-0.2, 0) is 0 Å². The number of halogens is 1. The molecule has 0 aromatic carbocycles. The number of H-pyrrole nitrogens is 1. The minimum Gasteiger partial charge on any atom is -0.368 e. The fourth-order valence-electron chi connectivity index (χ4n) is 3.26. The Morgan fingerprint density at radius 2 is 2.38 bits per heavy atom. The predicted molar refractivity (Wildman–Crippen MR) is 100 cm³/mol. The quantitative estimate of drug-likeness (QED) is 0.728. The number of nitrogens with two attached hydrogens (primary N) is 1. The zero-order chi connectivity index (χ0) is 17.3. The molecule has 0 aliphatic carbocycles. The lowest BCUT2D eigenvalue weighted by Gasteiger charge is -2.36. The van der Waals surface area contributed by atoms with E-state index in [1.807, 2.05) is 12.3 Å². The molecule has 0 spiro atoms. The summed E-state index contributed by atoms with van der Waals surface area (Å²) in [5, 5.41) is 4.66. The van der Waals surface area contributed by atoms with Crippen LogP contribution in [0.15, 0.2) is 16.7 Å². The fraction of sp³-hybridized carbons (Fsp3) is 0.529. The monoisotopic (exact) mass is 393 g/mol. The molecule has 7 heteroatoms. The van der Waals surface area contributed by atoms with E-state index in [0.717, 1.165) is 37.1 Å². The second-order valence-electron chi connectivity index (χ2n) is 6.81. The Bertz CT molecular complexity index is 742. The summed E-state index contributed by atoms with van der Waals surface area (Å²) in [7, 11) is 0. The lowest BCUT2D eigenvalue weighted by Crippen LogP contribution is -2.47. The van der Waals surface area contributed by atoms with Gasteiger partial charge in [0.05, 0.1) is 10.2 Å². The molecular formula is C17H24BrN5O. The molecule has 24 heavy (non-hydrogen) atoms. The van der Waals surface area contributed by atoms with Crippen LogP contribution in [0.4, 0.5) is 5.69 Å². The molecule has 3 heterocycles. The molecule has 0 bridgehead atoms. The van der Waals surface area contributed by atoms with Crippen LogP contribution in [0.1, 0.15) is 37.2 Å². The van der Waals surface area contributed by atoms with Gasteiger partial charge < -0.3 is 20.9 Å².